The maximum atomic E-state index is 8.92. The number of para-hydroxylation sites is 2. The molecule has 0 aliphatic rings. The minimum Gasteiger partial charge on any atom is -0.490 e. The quantitative estimate of drug-likeness (QED) is 0.616. The van der Waals surface area contributed by atoms with Crippen molar-refractivity contribution in [3.8, 4) is 11.5 Å². The molecule has 0 saturated carbocycles. The number of nitrogen functional groups attached to an aromatic ring is 1. The number of ether oxygens (including phenoxy) is 2. The summed E-state index contributed by atoms with van der Waals surface area (Å²) < 4.78 is 11.0. The van der Waals surface area contributed by atoms with Crippen molar-refractivity contribution in [2.45, 2.75) is 6.61 Å². The predicted molar refractivity (Wildman–Crippen MR) is 74.2 cm³/mol. The lowest BCUT2D eigenvalue weighted by Gasteiger charge is -2.10. The third-order valence-electron chi connectivity index (χ3n) is 2.63. The monoisotopic (exact) mass is 259 g/mol. The number of rotatable bonds is 6. The fraction of sp³-hybridized carbons (Fsp3) is 0.200. The van der Waals surface area contributed by atoms with Crippen molar-refractivity contribution in [3.63, 3.8) is 0 Å². The smallest absolute Gasteiger partial charge is 0.142 e. The second-order valence-corrected chi connectivity index (χ2v) is 4.04. The summed E-state index contributed by atoms with van der Waals surface area (Å²) in [6, 6.07) is 14.7. The van der Waals surface area contributed by atoms with Crippen LogP contribution in [0.3, 0.4) is 0 Å². The third kappa shape index (κ3) is 3.89. The molecule has 100 valence electrons. The Hall–Kier alpha value is -2.20. The van der Waals surface area contributed by atoms with E-state index in [9.17, 15) is 0 Å². The second-order valence-electron chi connectivity index (χ2n) is 4.04. The van der Waals surface area contributed by atoms with Gasteiger partial charge in [0.25, 0.3) is 0 Å². The molecule has 19 heavy (non-hydrogen) atoms. The molecule has 0 aromatic heterocycles. The maximum Gasteiger partial charge on any atom is 0.142 e. The molecule has 0 spiro atoms. The fourth-order valence-electron chi connectivity index (χ4n) is 1.61. The number of hydrogen-bond acceptors (Lipinski definition) is 4. The largest absolute Gasteiger partial charge is 0.490 e. The first-order chi connectivity index (χ1) is 9.29. The number of benzene rings is 2. The molecule has 0 saturated heterocycles. The predicted octanol–water partition coefficient (Wildman–Crippen LogP) is 2.22. The first-order valence-electron chi connectivity index (χ1n) is 6.09. The molecule has 4 heteroatoms. The summed E-state index contributed by atoms with van der Waals surface area (Å²) in [5, 5.41) is 8.92. The van der Waals surface area contributed by atoms with Crippen LogP contribution in [0.25, 0.3) is 0 Å². The molecule has 2 aromatic rings. The van der Waals surface area contributed by atoms with E-state index in [0.717, 1.165) is 11.3 Å². The van der Waals surface area contributed by atoms with Gasteiger partial charge in [0.1, 0.15) is 24.7 Å². The van der Waals surface area contributed by atoms with Gasteiger partial charge in [-0.05, 0) is 29.8 Å². The van der Waals surface area contributed by atoms with Gasteiger partial charge in [0.2, 0.25) is 0 Å². The minimum atomic E-state index is 0.0384. The molecular formula is C15H17NO3. The average molecular weight is 259 g/mol. The Morgan fingerprint density at radius 2 is 1.58 bits per heavy atom. The Labute approximate surface area is 112 Å². The van der Waals surface area contributed by atoms with E-state index in [1.807, 2.05) is 42.5 Å². The van der Waals surface area contributed by atoms with Crippen LogP contribution in [0.4, 0.5) is 5.69 Å². The van der Waals surface area contributed by atoms with Crippen molar-refractivity contribution >= 4 is 5.69 Å². The van der Waals surface area contributed by atoms with E-state index < -0.39 is 0 Å². The van der Waals surface area contributed by atoms with Gasteiger partial charge in [-0.2, -0.15) is 0 Å². The first-order valence-corrected chi connectivity index (χ1v) is 6.09. The van der Waals surface area contributed by atoms with E-state index in [1.165, 1.54) is 0 Å². The Balaban J connectivity index is 1.76. The van der Waals surface area contributed by atoms with Crippen molar-refractivity contribution in [1.29, 1.82) is 0 Å². The van der Waals surface area contributed by atoms with Crippen LogP contribution in [0, 0.1) is 0 Å². The van der Waals surface area contributed by atoms with Gasteiger partial charge in [0, 0.05) is 0 Å². The van der Waals surface area contributed by atoms with Crippen LogP contribution < -0.4 is 15.2 Å². The van der Waals surface area contributed by atoms with E-state index >= 15 is 0 Å². The molecule has 0 atom stereocenters. The lowest BCUT2D eigenvalue weighted by Crippen LogP contribution is -2.09. The standard InChI is InChI=1S/C15H17NO3/c16-14-3-1-2-4-15(14)19-10-9-18-13-7-5-12(11-17)6-8-13/h1-8,17H,9-11,16H2. The zero-order valence-corrected chi connectivity index (χ0v) is 10.6. The molecule has 0 aliphatic heterocycles. The Bertz CT molecular complexity index is 511. The SMILES string of the molecule is Nc1ccccc1OCCOc1ccc(CO)cc1. The lowest BCUT2D eigenvalue weighted by atomic mass is 10.2. The molecule has 3 N–H and O–H groups in total. The molecule has 2 aromatic carbocycles. The van der Waals surface area contributed by atoms with Crippen LogP contribution in [-0.2, 0) is 6.61 Å². The summed E-state index contributed by atoms with van der Waals surface area (Å²) >= 11 is 0. The molecule has 2 rings (SSSR count). The highest BCUT2D eigenvalue weighted by molar-refractivity contribution is 5.51. The van der Waals surface area contributed by atoms with E-state index in [-0.39, 0.29) is 6.61 Å². The zero-order valence-electron chi connectivity index (χ0n) is 10.6. The topological polar surface area (TPSA) is 64.7 Å². The van der Waals surface area contributed by atoms with E-state index in [0.29, 0.717) is 24.7 Å². The Morgan fingerprint density at radius 3 is 2.26 bits per heavy atom. The van der Waals surface area contributed by atoms with Crippen LogP contribution in [0.1, 0.15) is 5.56 Å². The van der Waals surface area contributed by atoms with Crippen molar-refractivity contribution in [2.24, 2.45) is 0 Å². The molecule has 0 radical (unpaired) electrons. The van der Waals surface area contributed by atoms with E-state index in [1.54, 1.807) is 6.07 Å². The van der Waals surface area contributed by atoms with Crippen molar-refractivity contribution in [1.82, 2.24) is 0 Å². The molecule has 0 bridgehead atoms. The molecule has 0 heterocycles. The number of aliphatic hydroxyl groups is 1. The second kappa shape index (κ2) is 6.66. The highest BCUT2D eigenvalue weighted by atomic mass is 16.5. The number of aliphatic hydroxyl groups excluding tert-OH is 1. The molecular weight excluding hydrogens is 242 g/mol. The number of anilines is 1. The van der Waals surface area contributed by atoms with Crippen LogP contribution in [0.2, 0.25) is 0 Å². The average Bonchev–Trinajstić information content (AvgIpc) is 2.46. The summed E-state index contributed by atoms with van der Waals surface area (Å²) in [5.74, 6) is 1.42. The maximum absolute atomic E-state index is 8.92. The molecule has 0 unspecified atom stereocenters. The highest BCUT2D eigenvalue weighted by Gasteiger charge is 1.99. The van der Waals surface area contributed by atoms with Crippen LogP contribution in [0.5, 0.6) is 11.5 Å². The van der Waals surface area contributed by atoms with Crippen molar-refractivity contribution < 1.29 is 14.6 Å². The van der Waals surface area contributed by atoms with Gasteiger partial charge in [0.15, 0.2) is 0 Å². The van der Waals surface area contributed by atoms with Gasteiger partial charge in [-0.15, -0.1) is 0 Å². The third-order valence-corrected chi connectivity index (χ3v) is 2.63. The van der Waals surface area contributed by atoms with Crippen LogP contribution in [-0.4, -0.2) is 18.3 Å². The van der Waals surface area contributed by atoms with Crippen LogP contribution in [0.15, 0.2) is 48.5 Å². The van der Waals surface area contributed by atoms with Gasteiger partial charge < -0.3 is 20.3 Å². The summed E-state index contributed by atoms with van der Waals surface area (Å²) in [4.78, 5) is 0. The molecule has 0 fully saturated rings. The zero-order chi connectivity index (χ0) is 13.5. The number of hydrogen-bond donors (Lipinski definition) is 2. The number of nitrogens with two attached hydrogens (primary N) is 1. The summed E-state index contributed by atoms with van der Waals surface area (Å²) in [5.41, 5.74) is 7.24. The van der Waals surface area contributed by atoms with Gasteiger partial charge in [-0.1, -0.05) is 24.3 Å². The summed E-state index contributed by atoms with van der Waals surface area (Å²) in [7, 11) is 0. The summed E-state index contributed by atoms with van der Waals surface area (Å²) in [6.07, 6.45) is 0. The fourth-order valence-corrected chi connectivity index (χ4v) is 1.61. The lowest BCUT2D eigenvalue weighted by molar-refractivity contribution is 0.217. The Morgan fingerprint density at radius 1 is 0.895 bits per heavy atom. The minimum absolute atomic E-state index is 0.0384. The summed E-state index contributed by atoms with van der Waals surface area (Å²) in [6.45, 7) is 0.902. The van der Waals surface area contributed by atoms with E-state index in [2.05, 4.69) is 0 Å². The molecule has 0 amide bonds. The van der Waals surface area contributed by atoms with Crippen LogP contribution >= 0.6 is 0 Å². The van der Waals surface area contributed by atoms with Gasteiger partial charge >= 0.3 is 0 Å². The van der Waals surface area contributed by atoms with Gasteiger partial charge in [0.05, 0.1) is 12.3 Å². The first kappa shape index (κ1) is 13.2. The van der Waals surface area contributed by atoms with Gasteiger partial charge in [-0.3, -0.25) is 0 Å². The normalized spacial score (nSPS) is 10.2. The molecule has 4 nitrogen and oxygen atoms in total. The molecule has 0 aliphatic carbocycles. The van der Waals surface area contributed by atoms with Gasteiger partial charge in [-0.25, -0.2) is 0 Å². The van der Waals surface area contributed by atoms with Crippen molar-refractivity contribution in [2.75, 3.05) is 18.9 Å². The highest BCUT2D eigenvalue weighted by Crippen LogP contribution is 2.19. The Kier molecular flexibility index (Phi) is 4.64. The van der Waals surface area contributed by atoms with E-state index in [4.69, 9.17) is 20.3 Å². The van der Waals surface area contributed by atoms with Crippen molar-refractivity contribution in [3.05, 3.63) is 54.1 Å².